The van der Waals surface area contributed by atoms with Crippen LogP contribution in [0.3, 0.4) is 0 Å². The number of imidazole rings is 1. The van der Waals surface area contributed by atoms with E-state index in [0.717, 1.165) is 26.1 Å². The van der Waals surface area contributed by atoms with Crippen molar-refractivity contribution >= 4 is 0 Å². The fraction of sp³-hybridized carbons (Fsp3) is 0.647. The number of nitrogens with zero attached hydrogens (tertiary/aromatic N) is 5. The maximum absolute atomic E-state index is 4.58. The van der Waals surface area contributed by atoms with E-state index in [1.54, 1.807) is 0 Å². The number of hydrogen-bond acceptors (Lipinski definition) is 3. The van der Waals surface area contributed by atoms with E-state index in [1.165, 1.54) is 38.1 Å². The van der Waals surface area contributed by atoms with Crippen molar-refractivity contribution in [3.8, 4) is 0 Å². The van der Waals surface area contributed by atoms with E-state index in [-0.39, 0.29) is 0 Å². The zero-order valence-corrected chi connectivity index (χ0v) is 13.6. The molecule has 3 rings (SSSR count). The van der Waals surface area contributed by atoms with E-state index in [9.17, 15) is 0 Å². The lowest BCUT2D eigenvalue weighted by Crippen LogP contribution is -2.40. The first kappa shape index (κ1) is 15.3. The van der Waals surface area contributed by atoms with E-state index in [0.29, 0.717) is 6.04 Å². The highest BCUT2D eigenvalue weighted by atomic mass is 15.3. The third kappa shape index (κ3) is 3.77. The van der Waals surface area contributed by atoms with Crippen LogP contribution in [0.1, 0.15) is 44.9 Å². The minimum absolute atomic E-state index is 0.657. The van der Waals surface area contributed by atoms with Crippen molar-refractivity contribution in [2.24, 2.45) is 0 Å². The maximum Gasteiger partial charge on any atom is 0.122 e. The topological polar surface area (TPSA) is 38.9 Å². The summed E-state index contributed by atoms with van der Waals surface area (Å²) in [5.74, 6) is 1.22. The summed E-state index contributed by atoms with van der Waals surface area (Å²) in [6, 6.07) is 2.66. The number of piperidine rings is 1. The van der Waals surface area contributed by atoms with Gasteiger partial charge in [0.25, 0.3) is 0 Å². The Labute approximate surface area is 133 Å². The average molecular weight is 301 g/mol. The molecule has 0 bridgehead atoms. The molecule has 0 radical (unpaired) electrons. The highest BCUT2D eigenvalue weighted by molar-refractivity contribution is 4.94. The van der Waals surface area contributed by atoms with Gasteiger partial charge in [-0.05, 0) is 38.3 Å². The Morgan fingerprint density at radius 2 is 2.14 bits per heavy atom. The van der Waals surface area contributed by atoms with Crippen molar-refractivity contribution in [3.05, 3.63) is 36.7 Å². The molecule has 120 valence electrons. The van der Waals surface area contributed by atoms with Gasteiger partial charge in [-0.25, -0.2) is 4.98 Å². The molecule has 5 heteroatoms. The summed E-state index contributed by atoms with van der Waals surface area (Å²) >= 11 is 0. The van der Waals surface area contributed by atoms with Crippen LogP contribution >= 0.6 is 0 Å². The number of aromatic nitrogens is 4. The van der Waals surface area contributed by atoms with E-state index < -0.39 is 0 Å². The Morgan fingerprint density at radius 3 is 2.95 bits per heavy atom. The Hall–Kier alpha value is -1.62. The Kier molecular flexibility index (Phi) is 5.27. The highest BCUT2D eigenvalue weighted by Crippen LogP contribution is 2.22. The monoisotopic (exact) mass is 301 g/mol. The van der Waals surface area contributed by atoms with Gasteiger partial charge in [-0.2, -0.15) is 5.10 Å². The molecule has 0 unspecified atom stereocenters. The van der Waals surface area contributed by atoms with Crippen LogP contribution in [-0.4, -0.2) is 36.8 Å². The van der Waals surface area contributed by atoms with Crippen molar-refractivity contribution in [2.45, 2.75) is 64.7 Å². The van der Waals surface area contributed by atoms with E-state index in [2.05, 4.69) is 38.9 Å². The molecule has 0 spiro atoms. The molecule has 0 amide bonds. The van der Waals surface area contributed by atoms with Crippen LogP contribution in [0, 0.1) is 0 Å². The summed E-state index contributed by atoms with van der Waals surface area (Å²) in [6.45, 7) is 6.48. The molecule has 1 saturated heterocycles. The van der Waals surface area contributed by atoms with Gasteiger partial charge in [0, 0.05) is 43.9 Å². The quantitative estimate of drug-likeness (QED) is 0.789. The molecule has 2 aromatic rings. The number of rotatable bonds is 7. The molecule has 0 aromatic carbocycles. The lowest BCUT2D eigenvalue weighted by molar-refractivity contribution is 0.122. The van der Waals surface area contributed by atoms with Crippen LogP contribution < -0.4 is 0 Å². The smallest absolute Gasteiger partial charge is 0.122 e. The summed E-state index contributed by atoms with van der Waals surface area (Å²) in [4.78, 5) is 7.20. The van der Waals surface area contributed by atoms with Crippen LogP contribution in [0.5, 0.6) is 0 Å². The first-order valence-electron chi connectivity index (χ1n) is 8.58. The molecular formula is C17H27N5. The largest absolute Gasteiger partial charge is 0.334 e. The molecule has 3 heterocycles. The van der Waals surface area contributed by atoms with Crippen LogP contribution in [0.15, 0.2) is 30.9 Å². The van der Waals surface area contributed by atoms with Crippen molar-refractivity contribution in [1.29, 1.82) is 0 Å². The maximum atomic E-state index is 4.58. The zero-order valence-electron chi connectivity index (χ0n) is 13.6. The molecule has 5 nitrogen and oxygen atoms in total. The minimum atomic E-state index is 0.657. The van der Waals surface area contributed by atoms with E-state index in [1.807, 2.05) is 23.1 Å². The molecule has 1 atom stereocenters. The average Bonchev–Trinajstić information content (AvgIpc) is 3.19. The predicted octanol–water partition coefficient (Wildman–Crippen LogP) is 2.93. The summed E-state index contributed by atoms with van der Waals surface area (Å²) in [5, 5.41) is 4.32. The third-order valence-corrected chi connectivity index (χ3v) is 4.61. The first-order chi connectivity index (χ1) is 10.9. The van der Waals surface area contributed by atoms with Gasteiger partial charge < -0.3 is 4.57 Å². The number of aryl methyl sites for hydroxylation is 2. The highest BCUT2D eigenvalue weighted by Gasteiger charge is 2.23. The standard InChI is InChI=1S/C17H27N5/c1-2-10-20-14-9-18-17(20)15-21-11-4-3-6-16(21)7-13-22-12-5-8-19-22/h5,8-9,12,14,16H,2-4,6-7,10-11,13,15H2,1H3/t16-/m1/s1. The van der Waals surface area contributed by atoms with Crippen molar-refractivity contribution in [1.82, 2.24) is 24.2 Å². The molecule has 0 saturated carbocycles. The minimum Gasteiger partial charge on any atom is -0.334 e. The van der Waals surface area contributed by atoms with Gasteiger partial charge in [0.05, 0.1) is 6.54 Å². The lowest BCUT2D eigenvalue weighted by atomic mass is 9.99. The Bertz CT molecular complexity index is 545. The van der Waals surface area contributed by atoms with E-state index >= 15 is 0 Å². The fourth-order valence-corrected chi connectivity index (χ4v) is 3.43. The van der Waals surface area contributed by atoms with Crippen molar-refractivity contribution in [2.75, 3.05) is 6.54 Å². The van der Waals surface area contributed by atoms with E-state index in [4.69, 9.17) is 0 Å². The van der Waals surface area contributed by atoms with Gasteiger partial charge >= 0.3 is 0 Å². The number of hydrogen-bond donors (Lipinski definition) is 0. The van der Waals surface area contributed by atoms with Crippen LogP contribution in [0.2, 0.25) is 0 Å². The fourth-order valence-electron chi connectivity index (χ4n) is 3.43. The summed E-state index contributed by atoms with van der Waals surface area (Å²) in [7, 11) is 0. The normalized spacial score (nSPS) is 19.6. The first-order valence-corrected chi connectivity index (χ1v) is 8.58. The van der Waals surface area contributed by atoms with Gasteiger partial charge in [0.1, 0.15) is 5.82 Å². The van der Waals surface area contributed by atoms with Crippen LogP contribution in [-0.2, 0) is 19.6 Å². The molecule has 1 aliphatic rings. The number of likely N-dealkylation sites (tertiary alicyclic amines) is 1. The second-order valence-corrected chi connectivity index (χ2v) is 6.21. The molecule has 0 N–H and O–H groups in total. The van der Waals surface area contributed by atoms with Crippen molar-refractivity contribution < 1.29 is 0 Å². The zero-order chi connectivity index (χ0) is 15.2. The molecule has 0 aliphatic carbocycles. The molecule has 1 fully saturated rings. The lowest BCUT2D eigenvalue weighted by Gasteiger charge is -2.35. The molecule has 2 aromatic heterocycles. The Morgan fingerprint density at radius 1 is 1.18 bits per heavy atom. The van der Waals surface area contributed by atoms with Crippen molar-refractivity contribution in [3.63, 3.8) is 0 Å². The van der Waals surface area contributed by atoms with Gasteiger partial charge in [-0.1, -0.05) is 13.3 Å². The second kappa shape index (κ2) is 7.58. The molecule has 1 aliphatic heterocycles. The summed E-state index contributed by atoms with van der Waals surface area (Å²) in [5.41, 5.74) is 0. The van der Waals surface area contributed by atoms with Gasteiger partial charge in [0.2, 0.25) is 0 Å². The second-order valence-electron chi connectivity index (χ2n) is 6.21. The van der Waals surface area contributed by atoms with Gasteiger partial charge in [-0.15, -0.1) is 0 Å². The van der Waals surface area contributed by atoms with Crippen LogP contribution in [0.4, 0.5) is 0 Å². The summed E-state index contributed by atoms with van der Waals surface area (Å²) < 4.78 is 4.35. The summed E-state index contributed by atoms with van der Waals surface area (Å²) in [6.07, 6.45) is 14.3. The third-order valence-electron chi connectivity index (χ3n) is 4.61. The molecule has 22 heavy (non-hydrogen) atoms. The van der Waals surface area contributed by atoms with Gasteiger partial charge in [-0.3, -0.25) is 9.58 Å². The van der Waals surface area contributed by atoms with Gasteiger partial charge in [0.15, 0.2) is 0 Å². The SMILES string of the molecule is CCCn1ccnc1CN1CCCC[C@@H]1CCn1cccn1. The van der Waals surface area contributed by atoms with Crippen LogP contribution in [0.25, 0.3) is 0 Å². The molecular weight excluding hydrogens is 274 g/mol. The predicted molar refractivity (Wildman–Crippen MR) is 87.4 cm³/mol. The Balaban J connectivity index is 1.60.